The Bertz CT molecular complexity index is 497. The summed E-state index contributed by atoms with van der Waals surface area (Å²) in [5, 5.41) is 8.54. The quantitative estimate of drug-likeness (QED) is 0.924. The van der Waals surface area contributed by atoms with Crippen LogP contribution in [0.25, 0.3) is 0 Å². The van der Waals surface area contributed by atoms with Gasteiger partial charge in [-0.3, -0.25) is 4.79 Å². The zero-order valence-electron chi connectivity index (χ0n) is 10.7. The summed E-state index contributed by atoms with van der Waals surface area (Å²) in [6.45, 7) is 0. The molecule has 110 valence electrons. The molecule has 1 atom stereocenters. The van der Waals surface area contributed by atoms with Crippen LogP contribution in [0.5, 0.6) is 5.75 Å². The third kappa shape index (κ3) is 3.65. The highest BCUT2D eigenvalue weighted by Gasteiger charge is 2.43. The summed E-state index contributed by atoms with van der Waals surface area (Å²) < 4.78 is 43.0. The predicted octanol–water partition coefficient (Wildman–Crippen LogP) is 3.35. The molecule has 20 heavy (non-hydrogen) atoms. The molecule has 1 unspecified atom stereocenters. The van der Waals surface area contributed by atoms with E-state index in [0.29, 0.717) is 0 Å². The first-order valence-corrected chi connectivity index (χ1v) is 6.43. The van der Waals surface area contributed by atoms with Gasteiger partial charge in [-0.25, -0.2) is 0 Å². The van der Waals surface area contributed by atoms with Gasteiger partial charge in [0.25, 0.3) is 0 Å². The summed E-state index contributed by atoms with van der Waals surface area (Å²) in [4.78, 5) is 10.5. The first-order valence-electron chi connectivity index (χ1n) is 6.43. The minimum absolute atomic E-state index is 0.0780. The normalized spacial score (nSPS) is 16.4. The topological polar surface area (TPSA) is 46.5 Å². The monoisotopic (exact) mass is 288 g/mol. The van der Waals surface area contributed by atoms with Crippen molar-refractivity contribution in [2.24, 2.45) is 0 Å². The van der Waals surface area contributed by atoms with Crippen LogP contribution in [0.1, 0.15) is 30.4 Å². The second kappa shape index (κ2) is 5.73. The van der Waals surface area contributed by atoms with Crippen LogP contribution in [0, 0.1) is 0 Å². The van der Waals surface area contributed by atoms with Crippen molar-refractivity contribution in [1.29, 1.82) is 0 Å². The molecule has 0 saturated carbocycles. The molecule has 0 spiro atoms. The second-order valence-electron chi connectivity index (χ2n) is 4.88. The summed E-state index contributed by atoms with van der Waals surface area (Å²) in [7, 11) is 0. The Morgan fingerprint density at radius 3 is 2.50 bits per heavy atom. The first-order chi connectivity index (χ1) is 9.36. The molecule has 2 rings (SSSR count). The van der Waals surface area contributed by atoms with Crippen molar-refractivity contribution in [2.75, 3.05) is 0 Å². The molecule has 6 heteroatoms. The molecular weight excluding hydrogens is 273 g/mol. The second-order valence-corrected chi connectivity index (χ2v) is 4.88. The van der Waals surface area contributed by atoms with Crippen LogP contribution in [0.3, 0.4) is 0 Å². The third-order valence-corrected chi connectivity index (χ3v) is 3.32. The molecule has 0 heterocycles. The van der Waals surface area contributed by atoms with Crippen molar-refractivity contribution in [1.82, 2.24) is 0 Å². The highest BCUT2D eigenvalue weighted by Crippen LogP contribution is 2.30. The smallest absolute Gasteiger partial charge is 0.425 e. The molecule has 1 N–H and O–H groups in total. The molecule has 0 aromatic heterocycles. The number of aryl methyl sites for hydroxylation is 2. The van der Waals surface area contributed by atoms with Crippen molar-refractivity contribution in [3.63, 3.8) is 0 Å². The van der Waals surface area contributed by atoms with Crippen molar-refractivity contribution >= 4 is 5.97 Å². The molecule has 1 aliphatic carbocycles. The SMILES string of the molecule is O=C(O)CC(Oc1ccc2c(c1)CCCC2)C(F)(F)F. The molecule has 0 amide bonds. The van der Waals surface area contributed by atoms with Crippen LogP contribution in [0.4, 0.5) is 13.2 Å². The largest absolute Gasteiger partial charge is 0.481 e. The van der Waals surface area contributed by atoms with E-state index >= 15 is 0 Å². The molecule has 3 nitrogen and oxygen atoms in total. The number of rotatable bonds is 4. The van der Waals surface area contributed by atoms with Gasteiger partial charge in [-0.2, -0.15) is 13.2 Å². The summed E-state index contributed by atoms with van der Waals surface area (Å²) >= 11 is 0. The average molecular weight is 288 g/mol. The van der Waals surface area contributed by atoms with Crippen LogP contribution in [-0.2, 0) is 17.6 Å². The van der Waals surface area contributed by atoms with Crippen molar-refractivity contribution in [3.8, 4) is 5.75 Å². The fourth-order valence-corrected chi connectivity index (χ4v) is 2.33. The van der Waals surface area contributed by atoms with E-state index < -0.39 is 24.7 Å². The number of halogens is 3. The zero-order valence-corrected chi connectivity index (χ0v) is 10.7. The highest BCUT2D eigenvalue weighted by molar-refractivity contribution is 5.67. The average Bonchev–Trinajstić information content (AvgIpc) is 2.36. The van der Waals surface area contributed by atoms with Crippen LogP contribution >= 0.6 is 0 Å². The number of aliphatic carboxylic acids is 1. The Morgan fingerprint density at radius 2 is 1.90 bits per heavy atom. The Morgan fingerprint density at radius 1 is 1.25 bits per heavy atom. The number of ether oxygens (including phenoxy) is 1. The first kappa shape index (κ1) is 14.7. The fourth-order valence-electron chi connectivity index (χ4n) is 2.33. The molecule has 0 saturated heterocycles. The lowest BCUT2D eigenvalue weighted by molar-refractivity contribution is -0.200. The Hall–Kier alpha value is -1.72. The van der Waals surface area contributed by atoms with E-state index in [2.05, 4.69) is 0 Å². The minimum Gasteiger partial charge on any atom is -0.481 e. The van der Waals surface area contributed by atoms with Gasteiger partial charge in [-0.15, -0.1) is 0 Å². The zero-order chi connectivity index (χ0) is 14.8. The number of hydrogen-bond acceptors (Lipinski definition) is 2. The van der Waals surface area contributed by atoms with Gasteiger partial charge in [0.1, 0.15) is 5.75 Å². The maximum absolute atomic E-state index is 12.7. The lowest BCUT2D eigenvalue weighted by Crippen LogP contribution is -2.36. The van der Waals surface area contributed by atoms with E-state index in [9.17, 15) is 18.0 Å². The van der Waals surface area contributed by atoms with Crippen LogP contribution in [0.15, 0.2) is 18.2 Å². The summed E-state index contributed by atoms with van der Waals surface area (Å²) in [6, 6.07) is 4.83. The number of carbonyl (C=O) groups is 1. The van der Waals surface area contributed by atoms with Gasteiger partial charge in [0, 0.05) is 0 Å². The minimum atomic E-state index is -4.70. The van der Waals surface area contributed by atoms with Gasteiger partial charge in [-0.05, 0) is 48.9 Å². The fraction of sp³-hybridized carbons (Fsp3) is 0.500. The summed E-state index contributed by atoms with van der Waals surface area (Å²) in [5.74, 6) is -1.46. The van der Waals surface area contributed by atoms with Gasteiger partial charge in [-0.1, -0.05) is 6.07 Å². The van der Waals surface area contributed by atoms with Gasteiger partial charge >= 0.3 is 12.1 Å². The van der Waals surface area contributed by atoms with Crippen molar-refractivity contribution in [3.05, 3.63) is 29.3 Å². The molecule has 1 aromatic carbocycles. The lowest BCUT2D eigenvalue weighted by atomic mass is 9.92. The van der Waals surface area contributed by atoms with Crippen LogP contribution in [-0.4, -0.2) is 23.4 Å². The van der Waals surface area contributed by atoms with E-state index in [0.717, 1.165) is 36.8 Å². The third-order valence-electron chi connectivity index (χ3n) is 3.32. The lowest BCUT2D eigenvalue weighted by Gasteiger charge is -2.22. The van der Waals surface area contributed by atoms with E-state index in [1.165, 1.54) is 6.07 Å². The van der Waals surface area contributed by atoms with Crippen LogP contribution < -0.4 is 4.74 Å². The molecular formula is C14H15F3O3. The maximum Gasteiger partial charge on any atom is 0.425 e. The van der Waals surface area contributed by atoms with E-state index in [1.807, 2.05) is 0 Å². The molecule has 0 aliphatic heterocycles. The van der Waals surface area contributed by atoms with E-state index in [-0.39, 0.29) is 5.75 Å². The number of benzene rings is 1. The molecule has 0 radical (unpaired) electrons. The summed E-state index contributed by atoms with van der Waals surface area (Å²) in [5.41, 5.74) is 2.12. The number of fused-ring (bicyclic) bond motifs is 1. The predicted molar refractivity (Wildman–Crippen MR) is 65.8 cm³/mol. The number of hydrogen-bond donors (Lipinski definition) is 1. The van der Waals surface area contributed by atoms with Gasteiger partial charge in [0.05, 0.1) is 6.42 Å². The van der Waals surface area contributed by atoms with Gasteiger partial charge < -0.3 is 9.84 Å². The van der Waals surface area contributed by atoms with Crippen molar-refractivity contribution in [2.45, 2.75) is 44.4 Å². The molecule has 1 aromatic rings. The Balaban J connectivity index is 2.16. The Labute approximate surface area is 114 Å². The highest BCUT2D eigenvalue weighted by atomic mass is 19.4. The van der Waals surface area contributed by atoms with E-state index in [1.54, 1.807) is 12.1 Å². The number of carboxylic acid groups (broad SMARTS) is 1. The maximum atomic E-state index is 12.7. The molecule has 0 fully saturated rings. The summed E-state index contributed by atoms with van der Waals surface area (Å²) in [6.07, 6.45) is -4.28. The Kier molecular flexibility index (Phi) is 4.20. The van der Waals surface area contributed by atoms with Crippen molar-refractivity contribution < 1.29 is 27.8 Å². The van der Waals surface area contributed by atoms with Gasteiger partial charge in [0.15, 0.2) is 0 Å². The number of carboxylic acids is 1. The van der Waals surface area contributed by atoms with Gasteiger partial charge in [0.2, 0.25) is 6.10 Å². The number of alkyl halides is 3. The van der Waals surface area contributed by atoms with Crippen LogP contribution in [0.2, 0.25) is 0 Å². The molecule has 1 aliphatic rings. The standard InChI is InChI=1S/C14H15F3O3/c15-14(16,17)12(8-13(18)19)20-11-6-5-9-3-1-2-4-10(9)7-11/h5-7,12H,1-4,8H2,(H,18,19). The molecule has 0 bridgehead atoms. The van der Waals surface area contributed by atoms with E-state index in [4.69, 9.17) is 9.84 Å².